The fraction of sp³-hybridized carbons (Fsp3) is 0.294. The number of rotatable bonds is 6. The summed E-state index contributed by atoms with van der Waals surface area (Å²) in [6.45, 7) is 3.09. The molecular weight excluding hydrogens is 388 g/mol. The maximum Gasteiger partial charge on any atom is 0.232 e. The number of fused-ring (bicyclic) bond motifs is 1. The summed E-state index contributed by atoms with van der Waals surface area (Å²) in [7, 11) is 0. The number of carbonyl (C=O) groups excluding carboxylic acids is 1. The summed E-state index contributed by atoms with van der Waals surface area (Å²) in [5.41, 5.74) is 1.34. The van der Waals surface area contributed by atoms with Gasteiger partial charge in [-0.05, 0) is 24.0 Å². The Kier molecular flexibility index (Phi) is 5.26. The van der Waals surface area contributed by atoms with E-state index in [-0.39, 0.29) is 12.3 Å². The molecule has 0 fully saturated rings. The van der Waals surface area contributed by atoms with E-state index in [4.69, 9.17) is 14.0 Å². The van der Waals surface area contributed by atoms with Crippen LogP contribution < -0.4 is 14.8 Å². The number of nitrogens with one attached hydrogen (secondary N) is 1. The monoisotopic (exact) mass is 404 g/mol. The second-order valence-electron chi connectivity index (χ2n) is 5.57. The highest BCUT2D eigenvalue weighted by atomic mass is 32.2. The van der Waals surface area contributed by atoms with Crippen molar-refractivity contribution in [2.24, 2.45) is 0 Å². The molecule has 0 spiro atoms. The first-order valence-corrected chi connectivity index (χ1v) is 10.1. The molecule has 27 heavy (non-hydrogen) atoms. The molecule has 3 heterocycles. The summed E-state index contributed by atoms with van der Waals surface area (Å²) in [5.74, 6) is 2.63. The Bertz CT molecular complexity index is 956. The Morgan fingerprint density at radius 3 is 2.93 bits per heavy atom. The standard InChI is InChI=1S/C17H16N4O4S2/c1-2-26-17-20-19-16(27-17)18-15(22)9-11-8-13(25-21-11)10-3-4-12-14(7-10)24-6-5-23-12/h3-4,7-8H,2,5-6,9H2,1H3,(H,18,19,22). The third kappa shape index (κ3) is 4.22. The molecule has 1 amide bonds. The quantitative estimate of drug-likeness (QED) is 0.494. The van der Waals surface area contributed by atoms with Crippen molar-refractivity contribution >= 4 is 34.1 Å². The van der Waals surface area contributed by atoms with E-state index < -0.39 is 0 Å². The number of anilines is 1. The zero-order valence-corrected chi connectivity index (χ0v) is 16.1. The van der Waals surface area contributed by atoms with Crippen LogP contribution in [0.1, 0.15) is 12.6 Å². The predicted octanol–water partition coefficient (Wildman–Crippen LogP) is 3.26. The molecule has 0 radical (unpaired) electrons. The van der Waals surface area contributed by atoms with Crippen molar-refractivity contribution in [1.29, 1.82) is 0 Å². The van der Waals surface area contributed by atoms with Gasteiger partial charge in [0.05, 0.1) is 12.1 Å². The highest BCUT2D eigenvalue weighted by Gasteiger charge is 2.16. The summed E-state index contributed by atoms with van der Waals surface area (Å²) >= 11 is 2.94. The molecule has 8 nitrogen and oxygen atoms in total. The van der Waals surface area contributed by atoms with Crippen LogP contribution in [0, 0.1) is 0 Å². The van der Waals surface area contributed by atoms with Gasteiger partial charge >= 0.3 is 0 Å². The van der Waals surface area contributed by atoms with Crippen molar-refractivity contribution in [2.75, 3.05) is 24.3 Å². The van der Waals surface area contributed by atoms with Gasteiger partial charge in [-0.15, -0.1) is 10.2 Å². The van der Waals surface area contributed by atoms with Crippen LogP contribution in [0.3, 0.4) is 0 Å². The first kappa shape index (κ1) is 17.8. The van der Waals surface area contributed by atoms with Crippen LogP contribution in [-0.2, 0) is 11.2 Å². The van der Waals surface area contributed by atoms with Crippen molar-refractivity contribution in [2.45, 2.75) is 17.7 Å². The largest absolute Gasteiger partial charge is 0.486 e. The maximum atomic E-state index is 12.2. The molecule has 4 rings (SSSR count). The molecule has 2 aromatic heterocycles. The Morgan fingerprint density at radius 1 is 1.22 bits per heavy atom. The normalized spacial score (nSPS) is 12.8. The van der Waals surface area contributed by atoms with Crippen molar-refractivity contribution in [1.82, 2.24) is 15.4 Å². The minimum Gasteiger partial charge on any atom is -0.486 e. The van der Waals surface area contributed by atoms with Crippen LogP contribution in [0.25, 0.3) is 11.3 Å². The van der Waals surface area contributed by atoms with Crippen LogP contribution in [0.4, 0.5) is 5.13 Å². The molecule has 0 saturated heterocycles. The van der Waals surface area contributed by atoms with Gasteiger partial charge < -0.3 is 19.3 Å². The average Bonchev–Trinajstić information content (AvgIpc) is 3.31. The van der Waals surface area contributed by atoms with Crippen molar-refractivity contribution in [3.63, 3.8) is 0 Å². The Balaban J connectivity index is 1.41. The molecule has 0 unspecified atom stereocenters. The van der Waals surface area contributed by atoms with E-state index in [1.807, 2.05) is 25.1 Å². The second kappa shape index (κ2) is 7.97. The lowest BCUT2D eigenvalue weighted by atomic mass is 10.1. The van der Waals surface area contributed by atoms with Crippen LogP contribution in [0.5, 0.6) is 11.5 Å². The van der Waals surface area contributed by atoms with E-state index >= 15 is 0 Å². The number of nitrogens with zero attached hydrogens (tertiary/aromatic N) is 3. The fourth-order valence-corrected chi connectivity index (χ4v) is 4.16. The highest BCUT2D eigenvalue weighted by molar-refractivity contribution is 8.01. The van der Waals surface area contributed by atoms with E-state index in [2.05, 4.69) is 20.7 Å². The van der Waals surface area contributed by atoms with Gasteiger partial charge in [0.2, 0.25) is 11.0 Å². The molecule has 3 aromatic rings. The minimum absolute atomic E-state index is 0.0872. The fourth-order valence-electron chi connectivity index (χ4n) is 2.50. The molecule has 10 heteroatoms. The van der Waals surface area contributed by atoms with Crippen LogP contribution in [0.15, 0.2) is 33.1 Å². The summed E-state index contributed by atoms with van der Waals surface area (Å²) in [5, 5.41) is 15.1. The molecule has 1 aliphatic rings. The van der Waals surface area contributed by atoms with Gasteiger partial charge in [0.1, 0.15) is 13.2 Å². The first-order chi connectivity index (χ1) is 13.2. The predicted molar refractivity (Wildman–Crippen MR) is 102 cm³/mol. The minimum atomic E-state index is -0.221. The van der Waals surface area contributed by atoms with Gasteiger partial charge in [-0.1, -0.05) is 35.2 Å². The topological polar surface area (TPSA) is 99.4 Å². The van der Waals surface area contributed by atoms with E-state index in [1.54, 1.807) is 17.8 Å². The van der Waals surface area contributed by atoms with Crippen LogP contribution in [-0.4, -0.2) is 40.2 Å². The van der Waals surface area contributed by atoms with Gasteiger partial charge in [-0.3, -0.25) is 4.79 Å². The Morgan fingerprint density at radius 2 is 2.07 bits per heavy atom. The number of hydrogen-bond acceptors (Lipinski definition) is 9. The highest BCUT2D eigenvalue weighted by Crippen LogP contribution is 2.34. The van der Waals surface area contributed by atoms with E-state index in [1.165, 1.54) is 11.3 Å². The van der Waals surface area contributed by atoms with Crippen molar-refractivity contribution in [3.8, 4) is 22.8 Å². The average molecular weight is 404 g/mol. The number of thioether (sulfide) groups is 1. The third-order valence-corrected chi connectivity index (χ3v) is 5.50. The lowest BCUT2D eigenvalue weighted by Gasteiger charge is -2.18. The Hall–Kier alpha value is -2.59. The number of benzene rings is 1. The van der Waals surface area contributed by atoms with Gasteiger partial charge in [0.25, 0.3) is 0 Å². The smallest absolute Gasteiger partial charge is 0.232 e. The van der Waals surface area contributed by atoms with Gasteiger partial charge in [0.15, 0.2) is 21.6 Å². The molecule has 0 atom stereocenters. The summed E-state index contributed by atoms with van der Waals surface area (Å²) in [4.78, 5) is 12.2. The molecular formula is C17H16N4O4S2. The second-order valence-corrected chi connectivity index (χ2v) is 8.06. The van der Waals surface area contributed by atoms with Crippen molar-refractivity contribution in [3.05, 3.63) is 30.0 Å². The number of amides is 1. The number of hydrogen-bond donors (Lipinski definition) is 1. The van der Waals surface area contributed by atoms with E-state index in [9.17, 15) is 4.79 Å². The zero-order valence-electron chi connectivity index (χ0n) is 14.4. The van der Waals surface area contributed by atoms with E-state index in [0.29, 0.717) is 41.3 Å². The van der Waals surface area contributed by atoms with E-state index in [0.717, 1.165) is 15.7 Å². The maximum absolute atomic E-state index is 12.2. The lowest BCUT2D eigenvalue weighted by molar-refractivity contribution is -0.115. The molecule has 0 aliphatic carbocycles. The number of ether oxygens (including phenoxy) is 2. The zero-order chi connectivity index (χ0) is 18.6. The van der Waals surface area contributed by atoms with Gasteiger partial charge in [0, 0.05) is 11.6 Å². The molecule has 1 N–H and O–H groups in total. The van der Waals surface area contributed by atoms with Crippen molar-refractivity contribution < 1.29 is 18.8 Å². The van der Waals surface area contributed by atoms with Crippen LogP contribution >= 0.6 is 23.1 Å². The van der Waals surface area contributed by atoms with Gasteiger partial charge in [-0.2, -0.15) is 0 Å². The Labute approximate surface area is 163 Å². The van der Waals surface area contributed by atoms with Crippen LogP contribution in [0.2, 0.25) is 0 Å². The molecule has 1 aliphatic heterocycles. The molecule has 0 saturated carbocycles. The molecule has 1 aromatic carbocycles. The SMILES string of the molecule is CCSc1nnc(NC(=O)Cc2cc(-c3ccc4c(c3)OCCO4)on2)s1. The first-order valence-electron chi connectivity index (χ1n) is 8.33. The summed E-state index contributed by atoms with van der Waals surface area (Å²) in [6.07, 6.45) is 0.0872. The molecule has 0 bridgehead atoms. The molecule has 140 valence electrons. The number of aromatic nitrogens is 3. The van der Waals surface area contributed by atoms with Gasteiger partial charge in [-0.25, -0.2) is 0 Å². The summed E-state index contributed by atoms with van der Waals surface area (Å²) in [6, 6.07) is 7.28. The lowest BCUT2D eigenvalue weighted by Crippen LogP contribution is -2.15. The summed E-state index contributed by atoms with van der Waals surface area (Å²) < 4.78 is 17.3. The number of carbonyl (C=O) groups is 1. The third-order valence-electron chi connectivity index (χ3n) is 3.65.